The quantitative estimate of drug-likeness (QED) is 0.782. The zero-order valence-electron chi connectivity index (χ0n) is 13.8. The molecule has 1 fully saturated rings. The topological polar surface area (TPSA) is 79.7 Å². The van der Waals surface area contributed by atoms with E-state index >= 15 is 0 Å². The molecule has 0 saturated carbocycles. The summed E-state index contributed by atoms with van der Waals surface area (Å²) in [5.41, 5.74) is 1.63. The van der Waals surface area contributed by atoms with E-state index in [1.165, 1.54) is 23.9 Å². The van der Waals surface area contributed by atoms with Crippen LogP contribution >= 0.6 is 0 Å². The summed E-state index contributed by atoms with van der Waals surface area (Å²) in [4.78, 5) is 28.5. The van der Waals surface area contributed by atoms with Crippen LogP contribution in [0.25, 0.3) is 0 Å². The molecule has 0 radical (unpaired) electrons. The predicted octanol–water partition coefficient (Wildman–Crippen LogP) is 2.25. The van der Waals surface area contributed by atoms with Crippen LogP contribution in [0.5, 0.6) is 0 Å². The Morgan fingerprint density at radius 1 is 1.16 bits per heavy atom. The Labute approximate surface area is 146 Å². The largest absolute Gasteiger partial charge is 0.477 e. The number of ether oxygens (including phenoxy) is 1. The molecule has 0 unspecified atom stereocenters. The first-order valence-corrected chi connectivity index (χ1v) is 8.27. The van der Waals surface area contributed by atoms with Gasteiger partial charge in [0.15, 0.2) is 0 Å². The van der Waals surface area contributed by atoms with Crippen LogP contribution < -0.4 is 0 Å². The molecule has 1 aliphatic heterocycles. The molecule has 2 aromatic rings. The minimum Gasteiger partial charge on any atom is -0.477 e. The van der Waals surface area contributed by atoms with Crippen molar-refractivity contribution in [3.63, 3.8) is 0 Å². The summed E-state index contributed by atoms with van der Waals surface area (Å²) in [6.45, 7) is 1.80. The van der Waals surface area contributed by atoms with E-state index in [-0.39, 0.29) is 17.7 Å². The molecular formula is C19H20N2O4. The fourth-order valence-corrected chi connectivity index (χ4v) is 2.71. The van der Waals surface area contributed by atoms with Crippen molar-refractivity contribution in [3.05, 3.63) is 65.5 Å². The second-order valence-electron chi connectivity index (χ2n) is 6.03. The van der Waals surface area contributed by atoms with E-state index in [0.717, 1.165) is 12.8 Å². The first-order chi connectivity index (χ1) is 12.1. The summed E-state index contributed by atoms with van der Waals surface area (Å²) in [5.74, 6) is -1.25. The molecule has 0 spiro atoms. The Morgan fingerprint density at radius 2 is 1.92 bits per heavy atom. The highest BCUT2D eigenvalue weighted by Gasteiger charge is 2.31. The first kappa shape index (κ1) is 17.1. The number of rotatable bonds is 7. The Balaban J connectivity index is 1.37. The van der Waals surface area contributed by atoms with Gasteiger partial charge >= 0.3 is 5.97 Å². The molecule has 1 saturated heterocycles. The summed E-state index contributed by atoms with van der Waals surface area (Å²) in [6.07, 6.45) is 3.32. The Kier molecular flexibility index (Phi) is 5.40. The number of aromatic carboxylic acids is 1. The molecule has 0 atom stereocenters. The normalized spacial score (nSPS) is 14.2. The molecule has 2 heterocycles. The molecule has 1 amide bonds. The standard InChI is InChI=1S/C19H20N2O4/c22-18(15-8-9-17(19(23)24)20-11-15)21-12-16(13-21)25-10-4-7-14-5-2-1-3-6-14/h1-3,5-6,8-9,11,16H,4,7,10,12-13H2,(H,23,24). The molecular weight excluding hydrogens is 320 g/mol. The first-order valence-electron chi connectivity index (χ1n) is 8.27. The number of hydrogen-bond acceptors (Lipinski definition) is 4. The van der Waals surface area contributed by atoms with Crippen LogP contribution in [0.1, 0.15) is 32.8 Å². The number of carboxylic acids is 1. The molecule has 1 aromatic carbocycles. The Morgan fingerprint density at radius 3 is 2.56 bits per heavy atom. The van der Waals surface area contributed by atoms with Gasteiger partial charge in [0.05, 0.1) is 11.7 Å². The lowest BCUT2D eigenvalue weighted by molar-refractivity contribution is -0.0429. The summed E-state index contributed by atoms with van der Waals surface area (Å²) < 4.78 is 5.78. The fraction of sp³-hybridized carbons (Fsp3) is 0.316. The van der Waals surface area contributed by atoms with Crippen molar-refractivity contribution in [1.29, 1.82) is 0 Å². The summed E-state index contributed by atoms with van der Waals surface area (Å²) in [5, 5.41) is 8.82. The highest BCUT2D eigenvalue weighted by Crippen LogP contribution is 2.16. The smallest absolute Gasteiger partial charge is 0.354 e. The van der Waals surface area contributed by atoms with Crippen molar-refractivity contribution >= 4 is 11.9 Å². The number of carbonyl (C=O) groups excluding carboxylic acids is 1. The second kappa shape index (κ2) is 7.90. The number of nitrogens with zero attached hydrogens (tertiary/aromatic N) is 2. The van der Waals surface area contributed by atoms with Gasteiger partial charge in [-0.2, -0.15) is 0 Å². The van der Waals surface area contributed by atoms with Crippen LogP contribution in [0.2, 0.25) is 0 Å². The third kappa shape index (κ3) is 4.42. The van der Waals surface area contributed by atoms with Crippen LogP contribution in [0, 0.1) is 0 Å². The maximum atomic E-state index is 12.3. The van der Waals surface area contributed by atoms with Gasteiger partial charge in [-0.3, -0.25) is 4.79 Å². The van der Waals surface area contributed by atoms with Gasteiger partial charge in [0.2, 0.25) is 0 Å². The lowest BCUT2D eigenvalue weighted by Crippen LogP contribution is -2.54. The van der Waals surface area contributed by atoms with Gasteiger partial charge in [-0.25, -0.2) is 9.78 Å². The number of carbonyl (C=O) groups is 2. The monoisotopic (exact) mass is 340 g/mol. The minimum atomic E-state index is -1.10. The zero-order valence-corrected chi connectivity index (χ0v) is 13.8. The number of hydrogen-bond donors (Lipinski definition) is 1. The molecule has 6 heteroatoms. The summed E-state index contributed by atoms with van der Waals surface area (Å²) >= 11 is 0. The van der Waals surface area contributed by atoms with Gasteiger partial charge in [0.25, 0.3) is 5.91 Å². The lowest BCUT2D eigenvalue weighted by Gasteiger charge is -2.38. The lowest BCUT2D eigenvalue weighted by atomic mass is 10.1. The molecule has 1 N–H and O–H groups in total. The molecule has 1 aliphatic rings. The Bertz CT molecular complexity index is 725. The number of pyridine rings is 1. The third-order valence-corrected chi connectivity index (χ3v) is 4.17. The molecule has 3 rings (SSSR count). The number of likely N-dealkylation sites (tertiary alicyclic amines) is 1. The van der Waals surface area contributed by atoms with Crippen molar-refractivity contribution < 1.29 is 19.4 Å². The highest BCUT2D eigenvalue weighted by molar-refractivity contribution is 5.95. The van der Waals surface area contributed by atoms with E-state index in [1.807, 2.05) is 18.2 Å². The van der Waals surface area contributed by atoms with Gasteiger partial charge in [0, 0.05) is 25.9 Å². The molecule has 0 aliphatic carbocycles. The number of amides is 1. The average Bonchev–Trinajstić information content (AvgIpc) is 2.60. The van der Waals surface area contributed by atoms with E-state index in [1.54, 1.807) is 4.90 Å². The van der Waals surface area contributed by atoms with Crippen LogP contribution in [0.4, 0.5) is 0 Å². The third-order valence-electron chi connectivity index (χ3n) is 4.17. The van der Waals surface area contributed by atoms with E-state index in [2.05, 4.69) is 17.1 Å². The fourth-order valence-electron chi connectivity index (χ4n) is 2.71. The van der Waals surface area contributed by atoms with Gasteiger partial charge in [0.1, 0.15) is 5.69 Å². The molecule has 6 nitrogen and oxygen atoms in total. The van der Waals surface area contributed by atoms with E-state index < -0.39 is 5.97 Å². The van der Waals surface area contributed by atoms with Crippen molar-refractivity contribution in [2.75, 3.05) is 19.7 Å². The predicted molar refractivity (Wildman–Crippen MR) is 91.6 cm³/mol. The summed E-state index contributed by atoms with van der Waals surface area (Å²) in [7, 11) is 0. The van der Waals surface area contributed by atoms with Gasteiger partial charge < -0.3 is 14.7 Å². The van der Waals surface area contributed by atoms with Gasteiger partial charge in [-0.1, -0.05) is 30.3 Å². The van der Waals surface area contributed by atoms with Crippen LogP contribution in [-0.4, -0.2) is 52.7 Å². The van der Waals surface area contributed by atoms with Crippen LogP contribution in [-0.2, 0) is 11.2 Å². The van der Waals surface area contributed by atoms with Gasteiger partial charge in [-0.05, 0) is 30.5 Å². The Hall–Kier alpha value is -2.73. The zero-order chi connectivity index (χ0) is 17.6. The number of aryl methyl sites for hydroxylation is 1. The number of carboxylic acid groups (broad SMARTS) is 1. The van der Waals surface area contributed by atoms with E-state index in [9.17, 15) is 9.59 Å². The van der Waals surface area contributed by atoms with Crippen molar-refractivity contribution in [1.82, 2.24) is 9.88 Å². The van der Waals surface area contributed by atoms with E-state index in [0.29, 0.717) is 25.3 Å². The number of aromatic nitrogens is 1. The second-order valence-corrected chi connectivity index (χ2v) is 6.03. The summed E-state index contributed by atoms with van der Waals surface area (Å²) in [6, 6.07) is 13.1. The van der Waals surface area contributed by atoms with Crippen LogP contribution in [0.3, 0.4) is 0 Å². The molecule has 1 aromatic heterocycles. The minimum absolute atomic E-state index is 0.0696. The maximum absolute atomic E-state index is 12.3. The van der Waals surface area contributed by atoms with Crippen molar-refractivity contribution in [3.8, 4) is 0 Å². The number of benzene rings is 1. The van der Waals surface area contributed by atoms with Crippen molar-refractivity contribution in [2.45, 2.75) is 18.9 Å². The van der Waals surface area contributed by atoms with E-state index in [4.69, 9.17) is 9.84 Å². The van der Waals surface area contributed by atoms with Crippen LogP contribution in [0.15, 0.2) is 48.7 Å². The molecule has 25 heavy (non-hydrogen) atoms. The van der Waals surface area contributed by atoms with Crippen molar-refractivity contribution in [2.24, 2.45) is 0 Å². The average molecular weight is 340 g/mol. The molecule has 0 bridgehead atoms. The molecule has 130 valence electrons. The highest BCUT2D eigenvalue weighted by atomic mass is 16.5. The van der Waals surface area contributed by atoms with Gasteiger partial charge in [-0.15, -0.1) is 0 Å². The maximum Gasteiger partial charge on any atom is 0.354 e. The SMILES string of the molecule is O=C(O)c1ccc(C(=O)N2CC(OCCCc3ccccc3)C2)cn1.